The molecule has 0 unspecified atom stereocenters. The molecule has 23 heavy (non-hydrogen) atoms. The van der Waals surface area contributed by atoms with Crippen LogP contribution < -0.4 is 20.7 Å². The van der Waals surface area contributed by atoms with Crippen LogP contribution in [0.25, 0.3) is 0 Å². The Hall–Kier alpha value is -2.62. The Morgan fingerprint density at radius 2 is 1.48 bits per heavy atom. The van der Waals surface area contributed by atoms with Crippen LogP contribution in [0.15, 0.2) is 60.9 Å². The average Bonchev–Trinajstić information content (AvgIpc) is 3.04. The van der Waals surface area contributed by atoms with Gasteiger partial charge in [-0.3, -0.25) is 0 Å². The summed E-state index contributed by atoms with van der Waals surface area (Å²) >= 11 is 0. The molecule has 0 atom stereocenters. The Balaban J connectivity index is 1.57. The molecule has 2 aromatic rings. The van der Waals surface area contributed by atoms with Crippen molar-refractivity contribution < 1.29 is 4.74 Å². The Morgan fingerprint density at radius 3 is 2.04 bits per heavy atom. The molecule has 3 rings (SSSR count). The SMILES string of the molecule is CC(C)Oc1ccc(Cc2ccc(NC3NC=CN3)cc2)cc1. The molecular formula is C19H23N3O. The first-order valence-corrected chi connectivity index (χ1v) is 7.97. The van der Waals surface area contributed by atoms with Gasteiger partial charge in [-0.1, -0.05) is 24.3 Å². The van der Waals surface area contributed by atoms with Crippen molar-refractivity contribution in [2.75, 3.05) is 5.32 Å². The van der Waals surface area contributed by atoms with Crippen LogP contribution in [0.4, 0.5) is 5.69 Å². The first kappa shape index (κ1) is 15.3. The number of rotatable bonds is 6. The van der Waals surface area contributed by atoms with Crippen molar-refractivity contribution in [2.45, 2.75) is 32.7 Å². The molecule has 0 spiro atoms. The zero-order chi connectivity index (χ0) is 16.1. The van der Waals surface area contributed by atoms with E-state index in [1.165, 1.54) is 11.1 Å². The third-order valence-electron chi connectivity index (χ3n) is 3.58. The predicted octanol–water partition coefficient (Wildman–Crippen LogP) is 3.42. The van der Waals surface area contributed by atoms with Gasteiger partial charge in [-0.05, 0) is 55.7 Å². The molecule has 120 valence electrons. The monoisotopic (exact) mass is 309 g/mol. The summed E-state index contributed by atoms with van der Waals surface area (Å²) in [6, 6.07) is 16.8. The van der Waals surface area contributed by atoms with Crippen LogP contribution in [0, 0.1) is 0 Å². The van der Waals surface area contributed by atoms with Gasteiger partial charge in [0.1, 0.15) is 5.75 Å². The molecule has 4 nitrogen and oxygen atoms in total. The molecule has 0 fully saturated rings. The second kappa shape index (κ2) is 7.09. The lowest BCUT2D eigenvalue weighted by Gasteiger charge is -2.16. The molecule has 1 aliphatic heterocycles. The summed E-state index contributed by atoms with van der Waals surface area (Å²) in [5.41, 5.74) is 3.66. The maximum Gasteiger partial charge on any atom is 0.173 e. The second-order valence-corrected chi connectivity index (χ2v) is 5.93. The van der Waals surface area contributed by atoms with E-state index in [1.54, 1.807) is 0 Å². The van der Waals surface area contributed by atoms with Gasteiger partial charge in [-0.15, -0.1) is 0 Å². The first-order valence-electron chi connectivity index (χ1n) is 7.97. The first-order chi connectivity index (χ1) is 11.2. The fourth-order valence-corrected chi connectivity index (χ4v) is 2.50. The van der Waals surface area contributed by atoms with Gasteiger partial charge in [0.05, 0.1) is 6.10 Å². The van der Waals surface area contributed by atoms with Crippen molar-refractivity contribution in [2.24, 2.45) is 0 Å². The number of anilines is 1. The predicted molar refractivity (Wildman–Crippen MR) is 94.3 cm³/mol. The summed E-state index contributed by atoms with van der Waals surface area (Å²) in [6.45, 7) is 4.08. The lowest BCUT2D eigenvalue weighted by molar-refractivity contribution is 0.242. The summed E-state index contributed by atoms with van der Waals surface area (Å²) in [4.78, 5) is 0. The highest BCUT2D eigenvalue weighted by Crippen LogP contribution is 2.18. The quantitative estimate of drug-likeness (QED) is 0.765. The minimum atomic E-state index is 0.0642. The normalized spacial score (nSPS) is 13.7. The van der Waals surface area contributed by atoms with E-state index < -0.39 is 0 Å². The van der Waals surface area contributed by atoms with Crippen molar-refractivity contribution in [3.8, 4) is 5.75 Å². The summed E-state index contributed by atoms with van der Waals surface area (Å²) in [7, 11) is 0. The van der Waals surface area contributed by atoms with Crippen molar-refractivity contribution in [1.82, 2.24) is 10.6 Å². The molecule has 3 N–H and O–H groups in total. The number of ether oxygens (including phenoxy) is 1. The molecule has 0 bridgehead atoms. The summed E-state index contributed by atoms with van der Waals surface area (Å²) in [5.74, 6) is 0.925. The minimum absolute atomic E-state index is 0.0642. The smallest absolute Gasteiger partial charge is 0.173 e. The van der Waals surface area contributed by atoms with Crippen molar-refractivity contribution in [3.05, 3.63) is 72.1 Å². The Labute approximate surface area is 137 Å². The van der Waals surface area contributed by atoms with Crippen molar-refractivity contribution >= 4 is 5.69 Å². The number of benzene rings is 2. The maximum atomic E-state index is 5.67. The van der Waals surface area contributed by atoms with E-state index in [1.807, 2.05) is 38.4 Å². The molecule has 0 saturated carbocycles. The van der Waals surface area contributed by atoms with E-state index in [4.69, 9.17) is 4.74 Å². The molecule has 0 aromatic heterocycles. The molecule has 2 aromatic carbocycles. The molecular weight excluding hydrogens is 286 g/mol. The van der Waals surface area contributed by atoms with E-state index >= 15 is 0 Å². The minimum Gasteiger partial charge on any atom is -0.491 e. The van der Waals surface area contributed by atoms with E-state index in [2.05, 4.69) is 52.3 Å². The van der Waals surface area contributed by atoms with Crippen LogP contribution in [-0.2, 0) is 6.42 Å². The van der Waals surface area contributed by atoms with Crippen LogP contribution in [0.2, 0.25) is 0 Å². The molecule has 0 radical (unpaired) electrons. The zero-order valence-electron chi connectivity index (χ0n) is 13.5. The lowest BCUT2D eigenvalue weighted by atomic mass is 10.0. The number of nitrogens with one attached hydrogen (secondary N) is 3. The van der Waals surface area contributed by atoms with Gasteiger partial charge in [0, 0.05) is 18.1 Å². The van der Waals surface area contributed by atoms with Crippen molar-refractivity contribution in [3.63, 3.8) is 0 Å². The van der Waals surface area contributed by atoms with Crippen LogP contribution in [0.1, 0.15) is 25.0 Å². The van der Waals surface area contributed by atoms with Gasteiger partial charge in [0.15, 0.2) is 6.29 Å². The van der Waals surface area contributed by atoms with E-state index in [0.717, 1.165) is 17.9 Å². The summed E-state index contributed by atoms with van der Waals surface area (Å²) < 4.78 is 5.67. The van der Waals surface area contributed by atoms with Crippen LogP contribution in [-0.4, -0.2) is 12.4 Å². The standard InChI is InChI=1S/C19H23N3O/c1-14(2)23-18-9-5-16(6-10-18)13-15-3-7-17(8-4-15)22-19-20-11-12-21-19/h3-12,14,19-22H,13H2,1-2H3. The fourth-order valence-electron chi connectivity index (χ4n) is 2.50. The van der Waals surface area contributed by atoms with Crippen LogP contribution in [0.5, 0.6) is 5.75 Å². The van der Waals surface area contributed by atoms with Gasteiger partial charge < -0.3 is 20.7 Å². The van der Waals surface area contributed by atoms with Crippen LogP contribution >= 0.6 is 0 Å². The topological polar surface area (TPSA) is 45.3 Å². The van der Waals surface area contributed by atoms with Gasteiger partial charge >= 0.3 is 0 Å². The Kier molecular flexibility index (Phi) is 4.71. The number of hydrogen-bond donors (Lipinski definition) is 3. The maximum absolute atomic E-state index is 5.67. The third kappa shape index (κ3) is 4.42. The highest BCUT2D eigenvalue weighted by atomic mass is 16.5. The van der Waals surface area contributed by atoms with E-state index in [-0.39, 0.29) is 12.4 Å². The molecule has 1 heterocycles. The Bertz CT molecular complexity index is 639. The average molecular weight is 309 g/mol. The second-order valence-electron chi connectivity index (χ2n) is 5.93. The third-order valence-corrected chi connectivity index (χ3v) is 3.58. The van der Waals surface area contributed by atoms with Gasteiger partial charge in [-0.2, -0.15) is 0 Å². The van der Waals surface area contributed by atoms with Gasteiger partial charge in [0.25, 0.3) is 0 Å². The van der Waals surface area contributed by atoms with Gasteiger partial charge in [0.2, 0.25) is 0 Å². The number of hydrogen-bond acceptors (Lipinski definition) is 4. The molecule has 4 heteroatoms. The molecule has 0 saturated heterocycles. The van der Waals surface area contributed by atoms with Crippen LogP contribution in [0.3, 0.4) is 0 Å². The molecule has 0 amide bonds. The Morgan fingerprint density at radius 1 is 0.913 bits per heavy atom. The molecule has 0 aliphatic carbocycles. The van der Waals surface area contributed by atoms with E-state index in [0.29, 0.717) is 0 Å². The zero-order valence-corrected chi connectivity index (χ0v) is 13.5. The van der Waals surface area contributed by atoms with E-state index in [9.17, 15) is 0 Å². The fraction of sp³-hybridized carbons (Fsp3) is 0.263. The van der Waals surface area contributed by atoms with Crippen molar-refractivity contribution in [1.29, 1.82) is 0 Å². The highest BCUT2D eigenvalue weighted by Gasteiger charge is 2.06. The summed E-state index contributed by atoms with van der Waals surface area (Å²) in [5, 5.41) is 9.68. The molecule has 1 aliphatic rings. The summed E-state index contributed by atoms with van der Waals surface area (Å²) in [6.07, 6.45) is 4.97. The lowest BCUT2D eigenvalue weighted by Crippen LogP contribution is -2.38. The largest absolute Gasteiger partial charge is 0.491 e. The van der Waals surface area contributed by atoms with Gasteiger partial charge in [-0.25, -0.2) is 0 Å². The highest BCUT2D eigenvalue weighted by molar-refractivity contribution is 5.46.